The number of benzene rings is 2. The van der Waals surface area contributed by atoms with Crippen molar-refractivity contribution in [2.45, 2.75) is 32.4 Å². The van der Waals surface area contributed by atoms with Gasteiger partial charge in [0.2, 0.25) is 0 Å². The van der Waals surface area contributed by atoms with Crippen LogP contribution in [0.1, 0.15) is 40.7 Å². The molecular weight excluding hydrogens is 356 g/mol. The van der Waals surface area contributed by atoms with E-state index < -0.39 is 4.92 Å². The molecule has 0 bridgehead atoms. The molecule has 1 aliphatic rings. The average Bonchev–Trinajstić information content (AvgIpc) is 2.73. The van der Waals surface area contributed by atoms with Crippen molar-refractivity contribution in [3.8, 4) is 0 Å². The summed E-state index contributed by atoms with van der Waals surface area (Å²) in [7, 11) is 1.61. The third kappa shape index (κ3) is 5.07. The van der Waals surface area contributed by atoms with E-state index in [1.807, 2.05) is 12.1 Å². The Morgan fingerprint density at radius 2 is 1.75 bits per heavy atom. The first kappa shape index (κ1) is 19.8. The molecule has 1 saturated heterocycles. The van der Waals surface area contributed by atoms with Crippen molar-refractivity contribution >= 4 is 17.3 Å². The van der Waals surface area contributed by atoms with Crippen LogP contribution in [0.4, 0.5) is 11.4 Å². The summed E-state index contributed by atoms with van der Waals surface area (Å²) in [6.07, 6.45) is 3.97. The Labute approximate surface area is 164 Å². The van der Waals surface area contributed by atoms with Gasteiger partial charge in [0.05, 0.1) is 18.0 Å². The van der Waals surface area contributed by atoms with E-state index >= 15 is 0 Å². The normalized spacial score (nSPS) is 14.5. The minimum Gasteiger partial charge on any atom is -0.383 e. The minimum absolute atomic E-state index is 0.111. The molecule has 148 valence electrons. The molecule has 0 saturated carbocycles. The van der Waals surface area contributed by atoms with Crippen molar-refractivity contribution in [3.05, 3.63) is 69.3 Å². The van der Waals surface area contributed by atoms with E-state index in [0.717, 1.165) is 12.1 Å². The zero-order valence-electron chi connectivity index (χ0n) is 16.2. The number of anilines is 1. The lowest BCUT2D eigenvalue weighted by molar-refractivity contribution is -0.918. The number of likely N-dealkylation sites (tertiary alicyclic amines) is 1. The predicted molar refractivity (Wildman–Crippen MR) is 109 cm³/mol. The van der Waals surface area contributed by atoms with E-state index in [0.29, 0.717) is 12.2 Å². The number of amides is 1. The Hall–Kier alpha value is -2.93. The van der Waals surface area contributed by atoms with E-state index in [9.17, 15) is 14.9 Å². The molecule has 0 unspecified atom stereocenters. The SMILES string of the molecule is CNc1ccc(C(=O)NCc2ccc(C[NH+]3CCCCC3)cc2)cc1[N+](=O)[O-]. The molecule has 2 aromatic carbocycles. The van der Waals surface area contributed by atoms with Crippen LogP contribution in [0.5, 0.6) is 0 Å². The fourth-order valence-corrected chi connectivity index (χ4v) is 3.61. The number of nitro benzene ring substituents is 1. The number of carbonyl (C=O) groups excluding carboxylic acids is 1. The van der Waals surface area contributed by atoms with Crippen LogP contribution in [-0.4, -0.2) is 31.0 Å². The molecule has 7 nitrogen and oxygen atoms in total. The van der Waals surface area contributed by atoms with Gasteiger partial charge in [-0.3, -0.25) is 14.9 Å². The highest BCUT2D eigenvalue weighted by Crippen LogP contribution is 2.25. The number of rotatable bonds is 7. The van der Waals surface area contributed by atoms with Crippen molar-refractivity contribution < 1.29 is 14.6 Å². The van der Waals surface area contributed by atoms with Crippen LogP contribution in [0.25, 0.3) is 0 Å². The molecule has 3 N–H and O–H groups in total. The molecule has 0 aliphatic carbocycles. The van der Waals surface area contributed by atoms with Crippen molar-refractivity contribution in [1.82, 2.24) is 5.32 Å². The molecule has 28 heavy (non-hydrogen) atoms. The Balaban J connectivity index is 1.57. The number of nitrogens with zero attached hydrogens (tertiary/aromatic N) is 1. The summed E-state index contributed by atoms with van der Waals surface area (Å²) in [6, 6.07) is 12.7. The maximum atomic E-state index is 12.4. The topological polar surface area (TPSA) is 88.7 Å². The van der Waals surface area contributed by atoms with Crippen molar-refractivity contribution in [1.29, 1.82) is 0 Å². The second-order valence-electron chi connectivity index (χ2n) is 7.23. The molecule has 3 rings (SSSR count). The monoisotopic (exact) mass is 383 g/mol. The molecule has 0 spiro atoms. The zero-order valence-corrected chi connectivity index (χ0v) is 16.2. The summed E-state index contributed by atoms with van der Waals surface area (Å²) >= 11 is 0. The zero-order chi connectivity index (χ0) is 19.9. The standard InChI is InChI=1S/C21H26N4O3/c1-22-19-10-9-18(13-20(19)25(27)28)21(26)23-14-16-5-7-17(8-6-16)15-24-11-3-2-4-12-24/h5-10,13,22H,2-4,11-12,14-15H2,1H3,(H,23,26)/p+1. The molecule has 1 heterocycles. The number of nitro groups is 1. The molecule has 1 fully saturated rings. The van der Waals surface area contributed by atoms with Crippen LogP contribution in [0.2, 0.25) is 0 Å². The Kier molecular flexibility index (Phi) is 6.60. The lowest BCUT2D eigenvalue weighted by Gasteiger charge is -2.23. The second kappa shape index (κ2) is 9.32. The van der Waals surface area contributed by atoms with E-state index in [4.69, 9.17) is 0 Å². The molecule has 0 aromatic heterocycles. The van der Waals surface area contributed by atoms with E-state index in [1.54, 1.807) is 24.1 Å². The van der Waals surface area contributed by atoms with E-state index in [2.05, 4.69) is 22.8 Å². The fourth-order valence-electron chi connectivity index (χ4n) is 3.61. The van der Waals surface area contributed by atoms with Gasteiger partial charge >= 0.3 is 0 Å². The highest BCUT2D eigenvalue weighted by Gasteiger charge is 2.17. The van der Waals surface area contributed by atoms with Crippen LogP contribution in [0, 0.1) is 10.1 Å². The van der Waals surface area contributed by atoms with Gasteiger partial charge in [0.15, 0.2) is 0 Å². The van der Waals surface area contributed by atoms with Crippen molar-refractivity contribution in [2.75, 3.05) is 25.5 Å². The van der Waals surface area contributed by atoms with Gasteiger partial charge in [-0.1, -0.05) is 24.3 Å². The Morgan fingerprint density at radius 3 is 2.39 bits per heavy atom. The average molecular weight is 383 g/mol. The second-order valence-corrected chi connectivity index (χ2v) is 7.23. The number of hydrogen-bond acceptors (Lipinski definition) is 4. The fraction of sp³-hybridized carbons (Fsp3) is 0.381. The lowest BCUT2D eigenvalue weighted by Crippen LogP contribution is -3.11. The first-order valence-electron chi connectivity index (χ1n) is 9.72. The molecule has 7 heteroatoms. The largest absolute Gasteiger partial charge is 0.383 e. The molecule has 1 aliphatic heterocycles. The van der Waals surface area contributed by atoms with Crippen LogP contribution in [0.15, 0.2) is 42.5 Å². The highest BCUT2D eigenvalue weighted by molar-refractivity contribution is 5.95. The number of quaternary nitrogens is 1. The molecule has 0 atom stereocenters. The summed E-state index contributed by atoms with van der Waals surface area (Å²) in [5, 5.41) is 16.7. The minimum atomic E-state index is -0.494. The number of piperidine rings is 1. The lowest BCUT2D eigenvalue weighted by atomic mass is 10.1. The predicted octanol–water partition coefficient (Wildman–Crippen LogP) is 2.14. The highest BCUT2D eigenvalue weighted by atomic mass is 16.6. The number of nitrogens with one attached hydrogen (secondary N) is 3. The van der Waals surface area contributed by atoms with Crippen LogP contribution in [-0.2, 0) is 13.1 Å². The quantitative estimate of drug-likeness (QED) is 0.505. The van der Waals surface area contributed by atoms with Crippen LogP contribution >= 0.6 is 0 Å². The van der Waals surface area contributed by atoms with Crippen molar-refractivity contribution in [2.24, 2.45) is 0 Å². The summed E-state index contributed by atoms with van der Waals surface area (Å²) in [4.78, 5) is 24.6. The number of hydrogen-bond donors (Lipinski definition) is 3. The van der Waals surface area contributed by atoms with E-state index in [-0.39, 0.29) is 17.2 Å². The molecule has 2 aromatic rings. The third-order valence-corrected chi connectivity index (χ3v) is 5.22. The Bertz CT molecular complexity index is 830. The molecule has 0 radical (unpaired) electrons. The van der Waals surface area contributed by atoms with E-state index in [1.165, 1.54) is 44.0 Å². The van der Waals surface area contributed by atoms with Gasteiger partial charge in [-0.15, -0.1) is 0 Å². The van der Waals surface area contributed by atoms with Gasteiger partial charge in [0.1, 0.15) is 12.2 Å². The van der Waals surface area contributed by atoms with Crippen LogP contribution < -0.4 is 15.5 Å². The first-order valence-corrected chi connectivity index (χ1v) is 9.72. The number of carbonyl (C=O) groups is 1. The van der Waals surface area contributed by atoms with Gasteiger partial charge in [0.25, 0.3) is 11.6 Å². The summed E-state index contributed by atoms with van der Waals surface area (Å²) < 4.78 is 0. The van der Waals surface area contributed by atoms with Crippen molar-refractivity contribution in [3.63, 3.8) is 0 Å². The molecular formula is C21H27N4O3+. The third-order valence-electron chi connectivity index (χ3n) is 5.22. The summed E-state index contributed by atoms with van der Waals surface area (Å²) in [5.74, 6) is -0.326. The smallest absolute Gasteiger partial charge is 0.293 e. The molecule has 1 amide bonds. The Morgan fingerprint density at radius 1 is 1.07 bits per heavy atom. The maximum Gasteiger partial charge on any atom is 0.293 e. The summed E-state index contributed by atoms with van der Waals surface area (Å²) in [5.41, 5.74) is 2.86. The van der Waals surface area contributed by atoms with Gasteiger partial charge in [-0.25, -0.2) is 0 Å². The van der Waals surface area contributed by atoms with Gasteiger partial charge in [-0.2, -0.15) is 0 Å². The van der Waals surface area contributed by atoms with Gasteiger partial charge < -0.3 is 15.5 Å². The first-order chi connectivity index (χ1) is 13.6. The van der Waals surface area contributed by atoms with Gasteiger partial charge in [0, 0.05) is 30.8 Å². The maximum absolute atomic E-state index is 12.4. The summed E-state index contributed by atoms with van der Waals surface area (Å²) in [6.45, 7) is 3.93. The van der Waals surface area contributed by atoms with Crippen LogP contribution in [0.3, 0.4) is 0 Å². The van der Waals surface area contributed by atoms with Gasteiger partial charge in [-0.05, 0) is 37.0 Å².